The zero-order chi connectivity index (χ0) is 31.8. The standard InChI is InChI=1S/C34H32FN7O3S/c1-46(44,45)38-16-20-10-22(12-25(35)11-20)27-8-5-9-30-28(27)15-31(40-30)32-29-14-24(18-37-33(29)42-41-32)23-13-26(19-36-17-23)39-34(43)21-6-3-2-4-7-21/h5,8-15,17-19,21,38,40H,2-4,6-7,16H2,1H3,(H,39,43)(H,37,41,42). The summed E-state index contributed by atoms with van der Waals surface area (Å²) in [5.74, 6) is -0.371. The number of nitrogens with one attached hydrogen (secondary N) is 4. The van der Waals surface area contributed by atoms with Gasteiger partial charge < -0.3 is 10.3 Å². The first-order valence-electron chi connectivity index (χ1n) is 15.2. The van der Waals surface area contributed by atoms with Gasteiger partial charge in [0.1, 0.15) is 5.82 Å². The number of anilines is 1. The van der Waals surface area contributed by atoms with Crippen molar-refractivity contribution in [2.75, 3.05) is 11.6 Å². The lowest BCUT2D eigenvalue weighted by Gasteiger charge is -2.20. The van der Waals surface area contributed by atoms with Crippen LogP contribution in [0, 0.1) is 11.7 Å². The summed E-state index contributed by atoms with van der Waals surface area (Å²) >= 11 is 0. The number of nitrogens with zero attached hydrogens (tertiary/aromatic N) is 3. The number of H-pyrrole nitrogens is 2. The number of pyridine rings is 2. The monoisotopic (exact) mass is 637 g/mol. The number of halogens is 1. The Hall–Kier alpha value is -4.94. The van der Waals surface area contributed by atoms with Gasteiger partial charge in [-0.3, -0.25) is 14.9 Å². The number of sulfonamides is 1. The van der Waals surface area contributed by atoms with Crippen LogP contribution in [0.3, 0.4) is 0 Å². The third-order valence-electron chi connectivity index (χ3n) is 8.47. The van der Waals surface area contributed by atoms with E-state index in [9.17, 15) is 17.6 Å². The number of rotatable bonds is 8. The third-order valence-corrected chi connectivity index (χ3v) is 9.13. The van der Waals surface area contributed by atoms with Gasteiger partial charge in [0.15, 0.2) is 5.65 Å². The van der Waals surface area contributed by atoms with Gasteiger partial charge in [-0.25, -0.2) is 22.5 Å². The fourth-order valence-corrected chi connectivity index (χ4v) is 6.63. The minimum atomic E-state index is -3.43. The smallest absolute Gasteiger partial charge is 0.227 e. The Bertz CT molecular complexity index is 2200. The Morgan fingerprint density at radius 2 is 1.78 bits per heavy atom. The van der Waals surface area contributed by atoms with Crippen LogP contribution < -0.4 is 10.0 Å². The maximum Gasteiger partial charge on any atom is 0.227 e. The summed E-state index contributed by atoms with van der Waals surface area (Å²) in [7, 11) is -3.43. The topological polar surface area (TPSA) is 146 Å². The Morgan fingerprint density at radius 3 is 2.61 bits per heavy atom. The van der Waals surface area contributed by atoms with Crippen LogP contribution in [0.5, 0.6) is 0 Å². The average Bonchev–Trinajstić information content (AvgIpc) is 3.68. The molecule has 0 bridgehead atoms. The van der Waals surface area contributed by atoms with Gasteiger partial charge >= 0.3 is 0 Å². The maximum absolute atomic E-state index is 14.7. The lowest BCUT2D eigenvalue weighted by atomic mass is 9.88. The van der Waals surface area contributed by atoms with Gasteiger partial charge in [-0.2, -0.15) is 5.10 Å². The van der Waals surface area contributed by atoms with Crippen molar-refractivity contribution in [1.82, 2.24) is 29.9 Å². The van der Waals surface area contributed by atoms with Crippen molar-refractivity contribution in [3.8, 4) is 33.6 Å². The van der Waals surface area contributed by atoms with Crippen molar-refractivity contribution >= 4 is 43.6 Å². The van der Waals surface area contributed by atoms with E-state index in [0.717, 1.165) is 76.3 Å². The predicted octanol–water partition coefficient (Wildman–Crippen LogP) is 6.54. The van der Waals surface area contributed by atoms with Crippen LogP contribution in [-0.2, 0) is 21.4 Å². The number of hydrogen-bond acceptors (Lipinski definition) is 6. The summed E-state index contributed by atoms with van der Waals surface area (Å²) in [6.45, 7) is -0.0151. The third kappa shape index (κ3) is 6.26. The van der Waals surface area contributed by atoms with E-state index in [1.165, 1.54) is 18.6 Å². The van der Waals surface area contributed by atoms with Crippen LogP contribution >= 0.6 is 0 Å². The highest BCUT2D eigenvalue weighted by molar-refractivity contribution is 7.88. The molecule has 0 saturated heterocycles. The predicted molar refractivity (Wildman–Crippen MR) is 177 cm³/mol. The zero-order valence-electron chi connectivity index (χ0n) is 25.1. The Labute approximate surface area is 264 Å². The summed E-state index contributed by atoms with van der Waals surface area (Å²) in [4.78, 5) is 25.2. The second kappa shape index (κ2) is 12.1. The van der Waals surface area contributed by atoms with Gasteiger partial charge in [0.2, 0.25) is 15.9 Å². The quantitative estimate of drug-likeness (QED) is 0.149. The molecule has 7 rings (SSSR count). The normalized spacial score (nSPS) is 14.2. The van der Waals surface area contributed by atoms with E-state index < -0.39 is 15.8 Å². The van der Waals surface area contributed by atoms with E-state index in [4.69, 9.17) is 0 Å². The minimum Gasteiger partial charge on any atom is -0.353 e. The molecule has 0 radical (unpaired) electrons. The molecular formula is C34H32FN7O3S. The molecule has 4 heterocycles. The summed E-state index contributed by atoms with van der Waals surface area (Å²) in [6.07, 6.45) is 11.4. The van der Waals surface area contributed by atoms with E-state index >= 15 is 0 Å². The summed E-state index contributed by atoms with van der Waals surface area (Å²) in [6, 6.07) is 16.1. The lowest BCUT2D eigenvalue weighted by molar-refractivity contribution is -0.120. The molecule has 2 aromatic carbocycles. The highest BCUT2D eigenvalue weighted by Gasteiger charge is 2.21. The average molecular weight is 638 g/mol. The van der Waals surface area contributed by atoms with Gasteiger partial charge in [-0.1, -0.05) is 31.4 Å². The molecule has 1 saturated carbocycles. The van der Waals surface area contributed by atoms with Crippen LogP contribution in [0.25, 0.3) is 55.6 Å². The van der Waals surface area contributed by atoms with Gasteiger partial charge in [-0.15, -0.1) is 0 Å². The molecule has 4 aromatic heterocycles. The molecule has 1 aliphatic carbocycles. The van der Waals surface area contributed by atoms with Crippen LogP contribution in [-0.4, -0.2) is 45.7 Å². The largest absolute Gasteiger partial charge is 0.353 e. The van der Waals surface area contributed by atoms with Crippen LogP contribution in [0.1, 0.15) is 37.7 Å². The molecule has 1 fully saturated rings. The first kappa shape index (κ1) is 29.8. The summed E-state index contributed by atoms with van der Waals surface area (Å²) < 4.78 is 40.3. The molecule has 0 unspecified atom stereocenters. The number of carbonyl (C=O) groups is 1. The zero-order valence-corrected chi connectivity index (χ0v) is 25.9. The van der Waals surface area contributed by atoms with Crippen molar-refractivity contribution < 1.29 is 17.6 Å². The lowest BCUT2D eigenvalue weighted by Crippen LogP contribution is -2.24. The molecule has 0 atom stereocenters. The van der Waals surface area contributed by atoms with E-state index in [1.807, 2.05) is 36.4 Å². The molecule has 12 heteroatoms. The molecule has 6 aromatic rings. The van der Waals surface area contributed by atoms with Crippen molar-refractivity contribution in [2.45, 2.75) is 38.6 Å². The van der Waals surface area contributed by atoms with Crippen molar-refractivity contribution in [1.29, 1.82) is 0 Å². The molecule has 10 nitrogen and oxygen atoms in total. The molecule has 46 heavy (non-hydrogen) atoms. The Morgan fingerprint density at radius 1 is 0.957 bits per heavy atom. The SMILES string of the molecule is CS(=O)(=O)NCc1cc(F)cc(-c2cccc3[nH]c(-c4[nH]nc5ncc(-c6cncc(NC(=O)C7CCCCC7)c6)cc45)cc23)c1. The number of benzene rings is 2. The van der Waals surface area contributed by atoms with Crippen molar-refractivity contribution in [2.24, 2.45) is 5.92 Å². The Kier molecular flexibility index (Phi) is 7.83. The fourth-order valence-electron chi connectivity index (χ4n) is 6.20. The number of aromatic amines is 2. The minimum absolute atomic E-state index is 0.0151. The highest BCUT2D eigenvalue weighted by atomic mass is 32.2. The van der Waals surface area contributed by atoms with Crippen LogP contribution in [0.2, 0.25) is 0 Å². The van der Waals surface area contributed by atoms with Crippen LogP contribution in [0.15, 0.2) is 73.2 Å². The van der Waals surface area contributed by atoms with E-state index in [0.29, 0.717) is 22.5 Å². The fraction of sp³-hybridized carbons (Fsp3) is 0.235. The molecule has 1 amide bonds. The number of carbonyl (C=O) groups excluding carboxylic acids is 1. The molecule has 0 aliphatic heterocycles. The van der Waals surface area contributed by atoms with Gasteiger partial charge in [-0.05, 0) is 72.0 Å². The number of aromatic nitrogens is 5. The number of fused-ring (bicyclic) bond motifs is 2. The van der Waals surface area contributed by atoms with Crippen molar-refractivity contribution in [3.63, 3.8) is 0 Å². The number of hydrogen-bond donors (Lipinski definition) is 4. The van der Waals surface area contributed by atoms with Crippen LogP contribution in [0.4, 0.5) is 10.1 Å². The van der Waals surface area contributed by atoms with Gasteiger partial charge in [0.25, 0.3) is 0 Å². The molecular weight excluding hydrogens is 605 g/mol. The van der Waals surface area contributed by atoms with Gasteiger partial charge in [0, 0.05) is 52.3 Å². The molecule has 4 N–H and O–H groups in total. The molecule has 234 valence electrons. The van der Waals surface area contributed by atoms with E-state index in [2.05, 4.69) is 35.2 Å². The second-order valence-corrected chi connectivity index (χ2v) is 13.7. The second-order valence-electron chi connectivity index (χ2n) is 11.9. The summed E-state index contributed by atoms with van der Waals surface area (Å²) in [5.41, 5.74) is 7.10. The summed E-state index contributed by atoms with van der Waals surface area (Å²) in [5, 5.41) is 12.2. The van der Waals surface area contributed by atoms with E-state index in [1.54, 1.807) is 24.7 Å². The highest BCUT2D eigenvalue weighted by Crippen LogP contribution is 2.35. The first-order chi connectivity index (χ1) is 22.2. The molecule has 1 aliphatic rings. The van der Waals surface area contributed by atoms with E-state index in [-0.39, 0.29) is 18.4 Å². The molecule has 0 spiro atoms. The van der Waals surface area contributed by atoms with Gasteiger partial charge in [0.05, 0.1) is 29.5 Å². The number of amides is 1. The maximum atomic E-state index is 14.7. The first-order valence-corrected chi connectivity index (χ1v) is 17.1. The van der Waals surface area contributed by atoms with Crippen molar-refractivity contribution in [3.05, 3.63) is 84.6 Å². The Balaban J connectivity index is 1.21.